The summed E-state index contributed by atoms with van der Waals surface area (Å²) in [5, 5.41) is 3.82. The first kappa shape index (κ1) is 30.2. The predicted molar refractivity (Wildman–Crippen MR) is 167 cm³/mol. The van der Waals surface area contributed by atoms with E-state index in [0.29, 0.717) is 55.9 Å². The van der Waals surface area contributed by atoms with E-state index in [9.17, 15) is 22.8 Å². The van der Waals surface area contributed by atoms with Crippen molar-refractivity contribution in [2.24, 2.45) is 0 Å². The zero-order valence-corrected chi connectivity index (χ0v) is 25.8. The lowest BCUT2D eigenvalue weighted by atomic mass is 10.0. The molecule has 1 N–H and O–H groups in total. The van der Waals surface area contributed by atoms with Gasteiger partial charge in [-0.2, -0.15) is 13.2 Å². The molecule has 4 aromatic rings. The molecule has 0 unspecified atom stereocenters. The summed E-state index contributed by atoms with van der Waals surface area (Å²) in [4.78, 5) is 33.8. The lowest BCUT2D eigenvalue weighted by molar-refractivity contribution is -0.137. The SMILES string of the molecule is O=C(NC1CCN(C(=O)c2ccnc(I)c2)CC1)c1cc2ccc(OC3CCN(c4ccc(C(F)(F)F)cc4)CC3)cc2o1. The van der Waals surface area contributed by atoms with Crippen molar-refractivity contribution in [1.82, 2.24) is 15.2 Å². The van der Waals surface area contributed by atoms with Gasteiger partial charge in [-0.15, -0.1) is 0 Å². The van der Waals surface area contributed by atoms with E-state index in [1.165, 1.54) is 12.1 Å². The standard InChI is InChI=1S/C32H30F3IN4O4/c33-32(34,35)22-2-4-24(5-3-22)39-15-10-25(11-16-39)43-26-6-1-20-17-28(44-27(20)19-26)30(41)38-23-8-13-40(14-9-23)31(42)21-7-12-37-29(36)18-21/h1-7,12,17-19,23,25H,8-11,13-16H2,(H,38,41). The van der Waals surface area contributed by atoms with Crippen molar-refractivity contribution in [3.8, 4) is 5.75 Å². The number of furan rings is 1. The molecule has 2 saturated heterocycles. The summed E-state index contributed by atoms with van der Waals surface area (Å²) in [6, 6.07) is 15.8. The Hall–Kier alpha value is -3.81. The number of fused-ring (bicyclic) bond motifs is 1. The molecule has 0 bridgehead atoms. The first-order valence-electron chi connectivity index (χ1n) is 14.5. The number of nitrogens with one attached hydrogen (secondary N) is 1. The molecule has 2 aliphatic heterocycles. The molecule has 44 heavy (non-hydrogen) atoms. The third-order valence-electron chi connectivity index (χ3n) is 8.11. The van der Waals surface area contributed by atoms with Crippen LogP contribution in [0.5, 0.6) is 5.75 Å². The number of piperidine rings is 2. The van der Waals surface area contributed by atoms with E-state index in [4.69, 9.17) is 9.15 Å². The molecular formula is C32H30F3IN4O4. The van der Waals surface area contributed by atoms with Gasteiger partial charge in [0.1, 0.15) is 21.1 Å². The van der Waals surface area contributed by atoms with Crippen LogP contribution in [0, 0.1) is 3.70 Å². The Labute approximate surface area is 265 Å². The summed E-state index contributed by atoms with van der Waals surface area (Å²) >= 11 is 2.08. The Morgan fingerprint density at radius 2 is 1.66 bits per heavy atom. The van der Waals surface area contributed by atoms with Crippen LogP contribution in [0.2, 0.25) is 0 Å². The smallest absolute Gasteiger partial charge is 0.416 e. The molecule has 2 amide bonds. The molecule has 4 heterocycles. The summed E-state index contributed by atoms with van der Waals surface area (Å²) in [6.45, 7) is 2.43. The van der Waals surface area contributed by atoms with Crippen molar-refractivity contribution in [2.45, 2.75) is 44.0 Å². The highest BCUT2D eigenvalue weighted by Crippen LogP contribution is 2.32. The summed E-state index contributed by atoms with van der Waals surface area (Å²) in [5.74, 6) is 0.516. The molecule has 2 aromatic heterocycles. The summed E-state index contributed by atoms with van der Waals surface area (Å²) in [5.41, 5.74) is 1.26. The van der Waals surface area contributed by atoms with Crippen LogP contribution in [-0.4, -0.2) is 60.0 Å². The average molecular weight is 719 g/mol. The van der Waals surface area contributed by atoms with E-state index >= 15 is 0 Å². The Morgan fingerprint density at radius 3 is 2.34 bits per heavy atom. The van der Waals surface area contributed by atoms with E-state index in [1.54, 1.807) is 35.4 Å². The largest absolute Gasteiger partial charge is 0.490 e. The van der Waals surface area contributed by atoms with Gasteiger partial charge in [-0.1, -0.05) is 0 Å². The molecule has 8 nitrogen and oxygen atoms in total. The number of ether oxygens (including phenoxy) is 1. The summed E-state index contributed by atoms with van der Waals surface area (Å²) in [7, 11) is 0. The van der Waals surface area contributed by atoms with Crippen LogP contribution in [-0.2, 0) is 6.18 Å². The number of rotatable bonds is 6. The maximum Gasteiger partial charge on any atom is 0.416 e. The Balaban J connectivity index is 0.996. The predicted octanol–water partition coefficient (Wildman–Crippen LogP) is 6.53. The molecule has 2 fully saturated rings. The van der Waals surface area contributed by atoms with Gasteiger partial charge in [0.15, 0.2) is 5.76 Å². The van der Waals surface area contributed by atoms with Crippen molar-refractivity contribution in [1.29, 1.82) is 0 Å². The fourth-order valence-electron chi connectivity index (χ4n) is 5.68. The number of amides is 2. The molecule has 0 spiro atoms. The highest BCUT2D eigenvalue weighted by Gasteiger charge is 2.31. The fourth-order valence-corrected chi connectivity index (χ4v) is 6.18. The van der Waals surface area contributed by atoms with Crippen LogP contribution < -0.4 is 15.0 Å². The number of benzene rings is 2. The van der Waals surface area contributed by atoms with Crippen LogP contribution >= 0.6 is 22.6 Å². The number of pyridine rings is 1. The summed E-state index contributed by atoms with van der Waals surface area (Å²) in [6.07, 6.45) is -0.0292. The van der Waals surface area contributed by atoms with Crippen molar-refractivity contribution >= 4 is 51.1 Å². The zero-order valence-electron chi connectivity index (χ0n) is 23.6. The van der Waals surface area contributed by atoms with Crippen LogP contribution in [0.25, 0.3) is 11.0 Å². The van der Waals surface area contributed by atoms with Crippen LogP contribution in [0.3, 0.4) is 0 Å². The number of hydrogen-bond acceptors (Lipinski definition) is 6. The molecular weight excluding hydrogens is 688 g/mol. The van der Waals surface area contributed by atoms with E-state index in [1.807, 2.05) is 12.1 Å². The van der Waals surface area contributed by atoms with Gasteiger partial charge in [-0.25, -0.2) is 0 Å². The van der Waals surface area contributed by atoms with Crippen LogP contribution in [0.1, 0.15) is 52.2 Å². The lowest BCUT2D eigenvalue weighted by Crippen LogP contribution is -2.46. The number of carbonyl (C=O) groups excluding carboxylic acids is 2. The average Bonchev–Trinajstić information content (AvgIpc) is 3.45. The highest BCUT2D eigenvalue weighted by atomic mass is 127. The van der Waals surface area contributed by atoms with Gasteiger partial charge in [-0.05, 0) is 90.0 Å². The number of likely N-dealkylation sites (tertiary alicyclic amines) is 1. The van der Waals surface area contributed by atoms with E-state index in [2.05, 4.69) is 37.8 Å². The minimum Gasteiger partial charge on any atom is -0.490 e. The molecule has 0 saturated carbocycles. The molecule has 12 heteroatoms. The topological polar surface area (TPSA) is 87.9 Å². The normalized spacial score (nSPS) is 16.7. The van der Waals surface area contributed by atoms with Gasteiger partial charge in [0.05, 0.1) is 5.56 Å². The first-order valence-corrected chi connectivity index (χ1v) is 15.5. The monoisotopic (exact) mass is 718 g/mol. The number of aromatic nitrogens is 1. The van der Waals surface area contributed by atoms with Crippen LogP contribution in [0.4, 0.5) is 18.9 Å². The molecule has 0 radical (unpaired) electrons. The Kier molecular flexibility index (Phi) is 8.70. The second-order valence-electron chi connectivity index (χ2n) is 11.1. The highest BCUT2D eigenvalue weighted by molar-refractivity contribution is 14.1. The fraction of sp³-hybridized carbons (Fsp3) is 0.344. The van der Waals surface area contributed by atoms with E-state index in [0.717, 1.165) is 39.7 Å². The number of hydrogen-bond donors (Lipinski definition) is 1. The lowest BCUT2D eigenvalue weighted by Gasteiger charge is -2.33. The van der Waals surface area contributed by atoms with E-state index < -0.39 is 11.7 Å². The van der Waals surface area contributed by atoms with Gasteiger partial charge in [-0.3, -0.25) is 14.6 Å². The maximum atomic E-state index is 13.0. The van der Waals surface area contributed by atoms with Crippen molar-refractivity contribution in [2.75, 3.05) is 31.1 Å². The van der Waals surface area contributed by atoms with Crippen LogP contribution in [0.15, 0.2) is 71.3 Å². The minimum absolute atomic E-state index is 0.0323. The minimum atomic E-state index is -4.35. The third kappa shape index (κ3) is 6.95. The second-order valence-corrected chi connectivity index (χ2v) is 12.2. The molecule has 6 rings (SSSR count). The van der Waals surface area contributed by atoms with Crippen molar-refractivity contribution in [3.63, 3.8) is 0 Å². The molecule has 0 atom stereocenters. The van der Waals surface area contributed by atoms with Crippen molar-refractivity contribution in [3.05, 3.63) is 87.4 Å². The second kappa shape index (κ2) is 12.7. The first-order chi connectivity index (χ1) is 21.1. The molecule has 0 aliphatic carbocycles. The van der Waals surface area contributed by atoms with Gasteiger partial charge < -0.3 is 24.3 Å². The number of nitrogens with zero attached hydrogens (tertiary/aromatic N) is 3. The molecule has 2 aromatic carbocycles. The molecule has 2 aliphatic rings. The van der Waals surface area contributed by atoms with Gasteiger partial charge in [0.2, 0.25) is 0 Å². The molecule has 230 valence electrons. The third-order valence-corrected chi connectivity index (χ3v) is 8.70. The number of halogens is 4. The summed E-state index contributed by atoms with van der Waals surface area (Å²) < 4.78 is 51.5. The Bertz CT molecular complexity index is 1640. The van der Waals surface area contributed by atoms with Gasteiger partial charge in [0.25, 0.3) is 11.8 Å². The number of carbonyl (C=O) groups is 2. The van der Waals surface area contributed by atoms with Crippen molar-refractivity contribution < 1.29 is 31.9 Å². The van der Waals surface area contributed by atoms with E-state index in [-0.39, 0.29) is 29.7 Å². The number of anilines is 1. The zero-order chi connectivity index (χ0) is 30.8. The number of alkyl halides is 3. The Morgan fingerprint density at radius 1 is 0.932 bits per heavy atom. The van der Waals surface area contributed by atoms with Gasteiger partial charge in [0, 0.05) is 74.0 Å². The maximum absolute atomic E-state index is 13.0. The van der Waals surface area contributed by atoms with Gasteiger partial charge >= 0.3 is 6.18 Å². The quantitative estimate of drug-likeness (QED) is 0.180.